The molecule has 8 heteroatoms. The van der Waals surface area contributed by atoms with Crippen LogP contribution in [0.3, 0.4) is 0 Å². The highest BCUT2D eigenvalue weighted by atomic mass is 79.9. The minimum absolute atomic E-state index is 0.0412. The molecular weight excluding hydrogens is 596 g/mol. The molecule has 2 heterocycles. The number of piperazine rings is 1. The number of para-hydroxylation sites is 1. The highest BCUT2D eigenvalue weighted by Crippen LogP contribution is 2.45. The molecule has 1 amide bonds. The lowest BCUT2D eigenvalue weighted by molar-refractivity contribution is -0.130. The maximum Gasteiger partial charge on any atom is 0.242 e. The van der Waals surface area contributed by atoms with Gasteiger partial charge in [0.2, 0.25) is 5.91 Å². The van der Waals surface area contributed by atoms with Gasteiger partial charge in [0.05, 0.1) is 24.8 Å². The van der Waals surface area contributed by atoms with Gasteiger partial charge < -0.3 is 10.1 Å². The van der Waals surface area contributed by atoms with Gasteiger partial charge in [-0.05, 0) is 54.4 Å². The van der Waals surface area contributed by atoms with Crippen molar-refractivity contribution in [2.45, 2.75) is 19.0 Å². The van der Waals surface area contributed by atoms with Crippen LogP contribution in [0.25, 0.3) is 0 Å². The van der Waals surface area contributed by atoms with Crippen LogP contribution >= 0.6 is 31.9 Å². The number of rotatable bonds is 7. The summed E-state index contributed by atoms with van der Waals surface area (Å²) in [5.41, 5.74) is 2.93. The number of nitrogens with one attached hydrogen (secondary N) is 1. The van der Waals surface area contributed by atoms with Crippen LogP contribution < -0.4 is 10.1 Å². The minimum atomic E-state index is -0.283. The molecule has 6 nitrogen and oxygen atoms in total. The molecule has 0 saturated carbocycles. The van der Waals surface area contributed by atoms with E-state index in [9.17, 15) is 4.79 Å². The van der Waals surface area contributed by atoms with Crippen molar-refractivity contribution in [1.82, 2.24) is 15.1 Å². The van der Waals surface area contributed by atoms with Crippen LogP contribution in [0.2, 0.25) is 0 Å². The van der Waals surface area contributed by atoms with Crippen LogP contribution in [0.4, 0.5) is 0 Å². The Labute approximate surface area is 235 Å². The van der Waals surface area contributed by atoms with Crippen molar-refractivity contribution in [2.75, 3.05) is 39.3 Å². The minimum Gasteiger partial charge on any atom is -0.493 e. The van der Waals surface area contributed by atoms with E-state index in [1.54, 1.807) is 0 Å². The number of nitrogens with zero attached hydrogens (tertiary/aromatic N) is 3. The predicted molar refractivity (Wildman–Crippen MR) is 154 cm³/mol. The van der Waals surface area contributed by atoms with E-state index < -0.39 is 0 Å². The highest BCUT2D eigenvalue weighted by Gasteiger charge is 2.43. The first-order valence-electron chi connectivity index (χ1n) is 12.6. The van der Waals surface area contributed by atoms with Crippen molar-refractivity contribution in [3.8, 4) is 5.75 Å². The molecule has 5 rings (SSSR count). The number of ether oxygens (including phenoxy) is 1. The van der Waals surface area contributed by atoms with Crippen molar-refractivity contribution < 1.29 is 9.53 Å². The molecule has 0 bridgehead atoms. The molecule has 3 aromatic carbocycles. The van der Waals surface area contributed by atoms with Gasteiger partial charge in [-0.25, -0.2) is 0 Å². The zero-order chi connectivity index (χ0) is 25.8. The summed E-state index contributed by atoms with van der Waals surface area (Å²) in [5.74, 6) is 1.43. The smallest absolute Gasteiger partial charge is 0.242 e. The van der Waals surface area contributed by atoms with Gasteiger partial charge in [0, 0.05) is 35.1 Å². The second kappa shape index (κ2) is 11.9. The van der Waals surface area contributed by atoms with Crippen LogP contribution in [0.1, 0.15) is 35.7 Å². The number of carbonyl (C=O) groups is 1. The summed E-state index contributed by atoms with van der Waals surface area (Å²) in [6.45, 7) is 6.32. The van der Waals surface area contributed by atoms with Crippen molar-refractivity contribution in [3.63, 3.8) is 0 Å². The van der Waals surface area contributed by atoms with Gasteiger partial charge in [0.15, 0.2) is 0 Å². The normalized spacial score (nSPS) is 20.1. The molecule has 3 aromatic rings. The largest absolute Gasteiger partial charge is 0.493 e. The first-order chi connectivity index (χ1) is 18.0. The Morgan fingerprint density at radius 3 is 2.22 bits per heavy atom. The lowest BCUT2D eigenvalue weighted by Gasteiger charge is -2.33. The highest BCUT2D eigenvalue weighted by molar-refractivity contribution is 9.10. The number of benzene rings is 3. The fraction of sp³-hybridized carbons (Fsp3) is 0.310. The second-order valence-electron chi connectivity index (χ2n) is 9.16. The van der Waals surface area contributed by atoms with Crippen molar-refractivity contribution in [3.05, 3.63) is 98.4 Å². The fourth-order valence-electron chi connectivity index (χ4n) is 4.99. The standard InChI is InChI=1S/C29H30Br2N4O2/c1-2-37-25-6-4-3-5-24(25)29-33-27(20-7-11-22(30)12-8-20)28(21-9-13-23(31)14-10-21)35(29)26(36)19-34-17-15-32-16-18-34/h3-14,27-28,32H,2,15-19H2,1H3/t27-,28+/m1/s1. The fourth-order valence-corrected chi connectivity index (χ4v) is 5.52. The second-order valence-corrected chi connectivity index (χ2v) is 11.0. The number of amidine groups is 1. The molecule has 2 aliphatic heterocycles. The summed E-state index contributed by atoms with van der Waals surface area (Å²) in [5, 5.41) is 3.37. The van der Waals surface area contributed by atoms with Crippen LogP contribution in [0.15, 0.2) is 86.7 Å². The Morgan fingerprint density at radius 1 is 0.946 bits per heavy atom. The third-order valence-corrected chi connectivity index (χ3v) is 7.81. The zero-order valence-electron chi connectivity index (χ0n) is 20.7. The summed E-state index contributed by atoms with van der Waals surface area (Å²) >= 11 is 7.12. The van der Waals surface area contributed by atoms with Gasteiger partial charge in [0.1, 0.15) is 17.6 Å². The molecule has 192 valence electrons. The quantitative estimate of drug-likeness (QED) is 0.372. The van der Waals surface area contributed by atoms with Crippen molar-refractivity contribution in [1.29, 1.82) is 0 Å². The van der Waals surface area contributed by atoms with E-state index in [1.807, 2.05) is 60.4 Å². The number of amides is 1. The van der Waals surface area contributed by atoms with Gasteiger partial charge in [-0.15, -0.1) is 0 Å². The molecule has 0 aromatic heterocycles. The van der Waals surface area contributed by atoms with E-state index in [0.29, 0.717) is 19.0 Å². The predicted octanol–water partition coefficient (Wildman–Crippen LogP) is 5.59. The maximum absolute atomic E-state index is 14.2. The van der Waals surface area contributed by atoms with Crippen LogP contribution in [0, 0.1) is 0 Å². The van der Waals surface area contributed by atoms with Crippen molar-refractivity contribution >= 4 is 43.6 Å². The summed E-state index contributed by atoms with van der Waals surface area (Å²) in [4.78, 5) is 23.6. The summed E-state index contributed by atoms with van der Waals surface area (Å²) < 4.78 is 7.99. The molecule has 37 heavy (non-hydrogen) atoms. The molecule has 0 unspecified atom stereocenters. The molecule has 2 aliphatic rings. The van der Waals surface area contributed by atoms with Crippen LogP contribution in [-0.4, -0.2) is 60.9 Å². The van der Waals surface area contributed by atoms with E-state index in [0.717, 1.165) is 57.6 Å². The van der Waals surface area contributed by atoms with Gasteiger partial charge >= 0.3 is 0 Å². The van der Waals surface area contributed by atoms with Gasteiger partial charge in [-0.1, -0.05) is 68.3 Å². The van der Waals surface area contributed by atoms with E-state index in [1.165, 1.54) is 0 Å². The number of aliphatic imine (C=N–C) groups is 1. The summed E-state index contributed by atoms with van der Waals surface area (Å²) in [7, 11) is 0. The number of halogens is 2. The first-order valence-corrected chi connectivity index (χ1v) is 14.2. The number of hydrogen-bond acceptors (Lipinski definition) is 5. The Hall–Kier alpha value is -2.52. The lowest BCUT2D eigenvalue weighted by atomic mass is 9.93. The maximum atomic E-state index is 14.2. The number of carbonyl (C=O) groups excluding carboxylic acids is 1. The molecule has 2 atom stereocenters. The molecule has 0 aliphatic carbocycles. The zero-order valence-corrected chi connectivity index (χ0v) is 23.9. The molecule has 1 saturated heterocycles. The average molecular weight is 626 g/mol. The van der Waals surface area contributed by atoms with E-state index in [4.69, 9.17) is 9.73 Å². The third kappa shape index (κ3) is 5.82. The molecule has 1 fully saturated rings. The Morgan fingerprint density at radius 2 is 1.57 bits per heavy atom. The van der Waals surface area contributed by atoms with Gasteiger partial charge in [-0.3, -0.25) is 19.6 Å². The first kappa shape index (κ1) is 26.1. The summed E-state index contributed by atoms with van der Waals surface area (Å²) in [6, 6.07) is 23.8. The Bertz CT molecular complexity index is 1260. The molecule has 1 N–H and O–H groups in total. The number of hydrogen-bond donors (Lipinski definition) is 1. The average Bonchev–Trinajstić information content (AvgIpc) is 3.31. The van der Waals surface area contributed by atoms with Crippen molar-refractivity contribution in [2.24, 2.45) is 4.99 Å². The van der Waals surface area contributed by atoms with E-state index >= 15 is 0 Å². The Kier molecular flexibility index (Phi) is 8.39. The van der Waals surface area contributed by atoms with E-state index in [-0.39, 0.29) is 18.0 Å². The van der Waals surface area contributed by atoms with Gasteiger partial charge in [0.25, 0.3) is 0 Å². The van der Waals surface area contributed by atoms with E-state index in [2.05, 4.69) is 66.3 Å². The SMILES string of the molecule is CCOc1ccccc1C1=N[C@H](c2ccc(Br)cc2)[C@H](c2ccc(Br)cc2)N1C(=O)CN1CCNCC1. The third-order valence-electron chi connectivity index (χ3n) is 6.75. The summed E-state index contributed by atoms with van der Waals surface area (Å²) in [6.07, 6.45) is 0. The molecular formula is C29H30Br2N4O2. The lowest BCUT2D eigenvalue weighted by Crippen LogP contribution is -2.49. The Balaban J connectivity index is 1.63. The van der Waals surface area contributed by atoms with Gasteiger partial charge in [-0.2, -0.15) is 0 Å². The topological polar surface area (TPSA) is 57.2 Å². The van der Waals surface area contributed by atoms with Crippen LogP contribution in [0.5, 0.6) is 5.75 Å². The monoisotopic (exact) mass is 624 g/mol. The molecule has 0 spiro atoms. The van der Waals surface area contributed by atoms with Crippen LogP contribution in [-0.2, 0) is 4.79 Å². The molecule has 0 radical (unpaired) electrons.